The number of hydrogen-bond donors (Lipinski definition) is 4. The lowest BCUT2D eigenvalue weighted by molar-refractivity contribution is -0.144. The summed E-state index contributed by atoms with van der Waals surface area (Å²) in [7, 11) is 1.52. The SMILES string of the molecule is COc1ccc(-c2ocnc2C(=O)NCCCn2cc(CCCCC(=O)N[C@@H](C(=O)N3C[C@H](O)C[C@H]3C(=O)NCc3ccc(-c4scnc4C)cc3)C(C)(C)C)nn2)cc1Cl. The monoisotopic (exact) mass is 873 g/mol. The number of ether oxygens (including phenoxy) is 1. The number of hydrogen-bond acceptors (Lipinski definition) is 12. The van der Waals surface area contributed by atoms with E-state index in [4.69, 9.17) is 20.8 Å². The number of benzene rings is 2. The van der Waals surface area contributed by atoms with Gasteiger partial charge in [-0.25, -0.2) is 9.97 Å². The van der Waals surface area contributed by atoms with E-state index in [2.05, 4.69) is 36.2 Å². The molecule has 18 heteroatoms. The molecule has 0 saturated carbocycles. The Bertz CT molecular complexity index is 2300. The molecule has 0 unspecified atom stereocenters. The fourth-order valence-electron chi connectivity index (χ4n) is 7.11. The fourth-order valence-corrected chi connectivity index (χ4v) is 8.18. The standard InChI is InChI=1S/C43H52ClN9O7S/c1-26-38(61-25-48-26)28-13-11-27(12-14-28)21-46-40(56)33-20-31(54)23-53(33)42(58)39(43(2,3)4)49-35(55)10-7-6-9-30-22-52(51-50-30)18-8-17-45-41(57)36-37(60-24-47-36)29-15-16-34(59-5)32(44)19-29/h11-16,19,22,24-25,31,33,39,54H,6-10,17-18,20-21,23H2,1-5H3,(H,45,57)(H,46,56)(H,49,55)/t31-,33+,39+/m1/s1. The molecule has 1 saturated heterocycles. The first-order valence-corrected chi connectivity index (χ1v) is 21.5. The van der Waals surface area contributed by atoms with E-state index in [0.29, 0.717) is 60.9 Å². The lowest BCUT2D eigenvalue weighted by atomic mass is 9.85. The normalized spacial score (nSPS) is 15.7. The number of aromatic nitrogens is 5. The van der Waals surface area contributed by atoms with Crippen molar-refractivity contribution in [1.29, 1.82) is 0 Å². The molecular formula is C43H52ClN9O7S. The molecule has 16 nitrogen and oxygen atoms in total. The summed E-state index contributed by atoms with van der Waals surface area (Å²) in [5, 5.41) is 28.1. The summed E-state index contributed by atoms with van der Waals surface area (Å²) >= 11 is 7.82. The van der Waals surface area contributed by atoms with Gasteiger partial charge in [-0.2, -0.15) is 0 Å². The Morgan fingerprint density at radius 2 is 1.82 bits per heavy atom. The van der Waals surface area contributed by atoms with Crippen molar-refractivity contribution in [1.82, 2.24) is 45.8 Å². The minimum absolute atomic E-state index is 0.00262. The molecular weight excluding hydrogens is 822 g/mol. The van der Waals surface area contributed by atoms with Gasteiger partial charge in [0.15, 0.2) is 17.8 Å². The summed E-state index contributed by atoms with van der Waals surface area (Å²) in [6.45, 7) is 8.71. The number of unbranched alkanes of at least 4 members (excludes halogenated alkanes) is 1. The number of methoxy groups -OCH3 is 1. The van der Waals surface area contributed by atoms with E-state index >= 15 is 0 Å². The van der Waals surface area contributed by atoms with Crippen LogP contribution >= 0.6 is 22.9 Å². The Kier molecular flexibility index (Phi) is 14.9. The van der Waals surface area contributed by atoms with Crippen LogP contribution in [0.1, 0.15) is 80.3 Å². The van der Waals surface area contributed by atoms with Crippen LogP contribution in [0.4, 0.5) is 0 Å². The summed E-state index contributed by atoms with van der Waals surface area (Å²) in [6, 6.07) is 11.2. The lowest BCUT2D eigenvalue weighted by Crippen LogP contribution is -2.57. The van der Waals surface area contributed by atoms with Crippen LogP contribution in [-0.4, -0.2) is 97.0 Å². The van der Waals surface area contributed by atoms with Gasteiger partial charge in [0.2, 0.25) is 17.7 Å². The molecule has 1 fully saturated rings. The van der Waals surface area contributed by atoms with Gasteiger partial charge < -0.3 is 35.1 Å². The Hall–Kier alpha value is -5.65. The number of carbonyl (C=O) groups excluding carboxylic acids is 4. The second kappa shape index (κ2) is 20.3. The Morgan fingerprint density at radius 1 is 1.05 bits per heavy atom. The molecule has 4 amide bonds. The zero-order valence-corrected chi connectivity index (χ0v) is 36.5. The molecule has 0 aliphatic carbocycles. The van der Waals surface area contributed by atoms with Gasteiger partial charge in [-0.3, -0.25) is 23.9 Å². The first-order chi connectivity index (χ1) is 29.2. The zero-order chi connectivity index (χ0) is 43.7. The van der Waals surface area contributed by atoms with E-state index in [0.717, 1.165) is 27.4 Å². The second-order valence-corrected chi connectivity index (χ2v) is 17.4. The molecule has 4 N–H and O–H groups in total. The number of thiazole rings is 1. The maximum Gasteiger partial charge on any atom is 0.273 e. The molecule has 1 aliphatic rings. The average Bonchev–Trinajstić information content (AvgIpc) is 4.07. The summed E-state index contributed by atoms with van der Waals surface area (Å²) in [5.41, 5.74) is 5.59. The third-order valence-corrected chi connectivity index (χ3v) is 11.7. The molecule has 61 heavy (non-hydrogen) atoms. The Morgan fingerprint density at radius 3 is 2.52 bits per heavy atom. The quantitative estimate of drug-likeness (QED) is 0.0824. The average molecular weight is 874 g/mol. The maximum absolute atomic E-state index is 14.0. The van der Waals surface area contributed by atoms with E-state index in [-0.39, 0.29) is 49.3 Å². The maximum atomic E-state index is 14.0. The molecule has 324 valence electrons. The van der Waals surface area contributed by atoms with Crippen LogP contribution in [0.5, 0.6) is 5.75 Å². The van der Waals surface area contributed by atoms with Crippen LogP contribution in [-0.2, 0) is 33.9 Å². The van der Waals surface area contributed by atoms with Crippen molar-refractivity contribution in [2.75, 3.05) is 20.2 Å². The first-order valence-electron chi connectivity index (χ1n) is 20.2. The number of halogens is 1. The molecule has 3 atom stereocenters. The van der Waals surface area contributed by atoms with Crippen molar-refractivity contribution in [3.05, 3.63) is 88.2 Å². The molecule has 4 heterocycles. The molecule has 0 spiro atoms. The lowest BCUT2D eigenvalue weighted by Gasteiger charge is -2.35. The Labute approximate surface area is 363 Å². The highest BCUT2D eigenvalue weighted by atomic mass is 35.5. The largest absolute Gasteiger partial charge is 0.495 e. The van der Waals surface area contributed by atoms with Crippen LogP contribution in [0.15, 0.2) is 65.0 Å². The molecule has 5 aromatic rings. The summed E-state index contributed by atoms with van der Waals surface area (Å²) < 4.78 is 12.4. The van der Waals surface area contributed by atoms with Crippen molar-refractivity contribution in [3.63, 3.8) is 0 Å². The van der Waals surface area contributed by atoms with Crippen molar-refractivity contribution >= 4 is 46.6 Å². The van der Waals surface area contributed by atoms with Gasteiger partial charge in [0.1, 0.15) is 17.8 Å². The highest BCUT2D eigenvalue weighted by molar-refractivity contribution is 7.13. The molecule has 0 radical (unpaired) electrons. The predicted molar refractivity (Wildman–Crippen MR) is 230 cm³/mol. The van der Waals surface area contributed by atoms with Crippen LogP contribution < -0.4 is 20.7 Å². The number of β-amino-alcohol motifs (C(OH)–C–C–N with tert-alkyl or cyclic N) is 1. The van der Waals surface area contributed by atoms with Crippen molar-refractivity contribution < 1.29 is 33.4 Å². The van der Waals surface area contributed by atoms with Gasteiger partial charge in [-0.05, 0) is 67.3 Å². The minimum Gasteiger partial charge on any atom is -0.495 e. The number of carbonyl (C=O) groups is 4. The molecule has 2 aromatic carbocycles. The van der Waals surface area contributed by atoms with Gasteiger partial charge in [-0.15, -0.1) is 16.4 Å². The molecule has 0 bridgehead atoms. The van der Waals surface area contributed by atoms with Gasteiger partial charge in [0, 0.05) is 50.8 Å². The molecule has 3 aromatic heterocycles. The van der Waals surface area contributed by atoms with Gasteiger partial charge in [-0.1, -0.05) is 61.9 Å². The summed E-state index contributed by atoms with van der Waals surface area (Å²) in [6.07, 6.45) is 4.93. The third kappa shape index (κ3) is 11.6. The van der Waals surface area contributed by atoms with E-state index < -0.39 is 29.5 Å². The van der Waals surface area contributed by atoms with Crippen LogP contribution in [0.25, 0.3) is 21.8 Å². The number of aryl methyl sites for hydroxylation is 3. The smallest absolute Gasteiger partial charge is 0.273 e. The summed E-state index contributed by atoms with van der Waals surface area (Å²) in [4.78, 5) is 64.4. The predicted octanol–water partition coefficient (Wildman–Crippen LogP) is 5.37. The van der Waals surface area contributed by atoms with Crippen LogP contribution in [0.2, 0.25) is 5.02 Å². The number of aliphatic hydroxyl groups is 1. The van der Waals surface area contributed by atoms with E-state index in [9.17, 15) is 24.3 Å². The zero-order valence-electron chi connectivity index (χ0n) is 34.9. The van der Waals surface area contributed by atoms with Crippen LogP contribution in [0.3, 0.4) is 0 Å². The number of oxazole rings is 1. The topological polar surface area (TPSA) is 207 Å². The number of aliphatic hydroxyl groups excluding tert-OH is 1. The Balaban J connectivity index is 0.917. The van der Waals surface area contributed by atoms with Crippen LogP contribution in [0, 0.1) is 12.3 Å². The fraction of sp³-hybridized carbons (Fsp3) is 0.442. The van der Waals surface area contributed by atoms with Crippen molar-refractivity contribution in [2.24, 2.45) is 5.41 Å². The van der Waals surface area contributed by atoms with Gasteiger partial charge in [0.05, 0.1) is 40.0 Å². The molecule has 6 rings (SSSR count). The summed E-state index contributed by atoms with van der Waals surface area (Å²) in [5.74, 6) is -0.605. The van der Waals surface area contributed by atoms with Crippen molar-refractivity contribution in [2.45, 2.75) is 97.5 Å². The highest BCUT2D eigenvalue weighted by Crippen LogP contribution is 2.32. The van der Waals surface area contributed by atoms with Gasteiger partial charge >= 0.3 is 0 Å². The van der Waals surface area contributed by atoms with Crippen molar-refractivity contribution in [3.8, 4) is 27.5 Å². The highest BCUT2D eigenvalue weighted by Gasteiger charge is 2.44. The number of nitrogens with one attached hydrogen (secondary N) is 3. The van der Waals surface area contributed by atoms with E-state index in [1.165, 1.54) is 18.4 Å². The number of rotatable bonds is 18. The number of nitrogens with zero attached hydrogens (tertiary/aromatic N) is 6. The van der Waals surface area contributed by atoms with E-state index in [1.54, 1.807) is 34.2 Å². The number of likely N-dealkylation sites (tertiary alicyclic amines) is 1. The second-order valence-electron chi connectivity index (χ2n) is 16.1. The number of amides is 4. The van der Waals surface area contributed by atoms with E-state index in [1.807, 2.05) is 63.7 Å². The molecule has 1 aliphatic heterocycles. The third-order valence-electron chi connectivity index (χ3n) is 10.4. The van der Waals surface area contributed by atoms with Gasteiger partial charge in [0.25, 0.3) is 5.91 Å². The minimum atomic E-state index is -0.904. The first kappa shape index (κ1) is 44.9.